The van der Waals surface area contributed by atoms with Crippen LogP contribution in [0.25, 0.3) is 0 Å². The molecule has 3 rings (SSSR count). The number of benzene rings is 1. The highest BCUT2D eigenvalue weighted by Crippen LogP contribution is 2.21. The lowest BCUT2D eigenvalue weighted by Gasteiger charge is -2.31. The molecule has 0 atom stereocenters. The fraction of sp³-hybridized carbons (Fsp3) is 0.476. The van der Waals surface area contributed by atoms with E-state index in [0.717, 1.165) is 61.8 Å². The molecule has 0 unspecified atom stereocenters. The van der Waals surface area contributed by atoms with E-state index in [0.29, 0.717) is 5.92 Å². The van der Waals surface area contributed by atoms with E-state index in [-0.39, 0.29) is 6.03 Å². The van der Waals surface area contributed by atoms with E-state index in [1.165, 1.54) is 5.56 Å². The number of nitrogens with one attached hydrogen (secondary N) is 2. The lowest BCUT2D eigenvalue weighted by molar-refractivity contribution is 0.175. The van der Waals surface area contributed by atoms with E-state index >= 15 is 0 Å². The maximum absolute atomic E-state index is 12.1. The van der Waals surface area contributed by atoms with Crippen LogP contribution in [-0.4, -0.2) is 30.6 Å². The summed E-state index contributed by atoms with van der Waals surface area (Å²) in [6, 6.07) is 9.84. The van der Waals surface area contributed by atoms with Gasteiger partial charge in [-0.1, -0.05) is 18.2 Å². The van der Waals surface area contributed by atoms with Gasteiger partial charge in [0.2, 0.25) is 0 Å². The number of rotatable bonds is 5. The zero-order valence-electron chi connectivity index (χ0n) is 16.0. The molecule has 5 nitrogen and oxygen atoms in total. The molecule has 2 heterocycles. The Morgan fingerprint density at radius 1 is 1.19 bits per heavy atom. The Morgan fingerprint density at radius 3 is 2.58 bits per heavy atom. The fourth-order valence-electron chi connectivity index (χ4n) is 3.55. The second-order valence-electron chi connectivity index (χ2n) is 7.31. The average molecular weight is 355 g/mol. The summed E-state index contributed by atoms with van der Waals surface area (Å²) in [6.07, 6.45) is 2.22. The van der Waals surface area contributed by atoms with E-state index in [1.54, 1.807) is 0 Å². The van der Waals surface area contributed by atoms with Crippen molar-refractivity contribution in [1.82, 2.24) is 10.2 Å². The highest BCUT2D eigenvalue weighted by molar-refractivity contribution is 5.89. The molecule has 5 heteroatoms. The Morgan fingerprint density at radius 2 is 1.92 bits per heavy atom. The van der Waals surface area contributed by atoms with E-state index in [9.17, 15) is 4.79 Å². The minimum atomic E-state index is -0.119. The third-order valence-corrected chi connectivity index (χ3v) is 5.19. The number of anilines is 1. The van der Waals surface area contributed by atoms with Crippen molar-refractivity contribution in [1.29, 1.82) is 0 Å². The minimum absolute atomic E-state index is 0.119. The molecular formula is C21H29N3O2. The molecule has 1 fully saturated rings. The second kappa shape index (κ2) is 8.41. The zero-order valence-corrected chi connectivity index (χ0v) is 16.0. The highest BCUT2D eigenvalue weighted by atomic mass is 16.3. The first-order valence-corrected chi connectivity index (χ1v) is 9.40. The summed E-state index contributed by atoms with van der Waals surface area (Å²) >= 11 is 0. The number of aryl methyl sites for hydroxylation is 3. The number of piperidine rings is 1. The van der Waals surface area contributed by atoms with Crippen molar-refractivity contribution in [2.24, 2.45) is 5.92 Å². The molecule has 0 radical (unpaired) electrons. The summed E-state index contributed by atoms with van der Waals surface area (Å²) in [5, 5.41) is 5.95. The summed E-state index contributed by atoms with van der Waals surface area (Å²) in [6.45, 7) is 9.84. The summed E-state index contributed by atoms with van der Waals surface area (Å²) in [5.41, 5.74) is 3.23. The lowest BCUT2D eigenvalue weighted by Crippen LogP contribution is -2.39. The van der Waals surface area contributed by atoms with Crippen molar-refractivity contribution >= 4 is 11.7 Å². The number of nitrogens with zero attached hydrogens (tertiary/aromatic N) is 1. The Hall–Kier alpha value is -2.27. The zero-order chi connectivity index (χ0) is 18.5. The Labute approximate surface area is 155 Å². The number of likely N-dealkylation sites (tertiary alicyclic amines) is 1. The third kappa shape index (κ3) is 4.88. The second-order valence-corrected chi connectivity index (χ2v) is 7.31. The van der Waals surface area contributed by atoms with Crippen LogP contribution in [0.15, 0.2) is 34.7 Å². The van der Waals surface area contributed by atoms with Gasteiger partial charge in [-0.25, -0.2) is 4.79 Å². The van der Waals surface area contributed by atoms with Crippen LogP contribution in [0.2, 0.25) is 0 Å². The molecule has 1 aliphatic rings. The first-order chi connectivity index (χ1) is 12.5. The molecule has 0 aliphatic carbocycles. The Bertz CT molecular complexity index is 745. The molecule has 1 aromatic heterocycles. The van der Waals surface area contributed by atoms with Crippen molar-refractivity contribution in [2.45, 2.75) is 40.2 Å². The van der Waals surface area contributed by atoms with Gasteiger partial charge >= 0.3 is 6.03 Å². The summed E-state index contributed by atoms with van der Waals surface area (Å²) in [7, 11) is 0. The molecule has 1 aromatic carbocycles. The number of carbonyl (C=O) groups is 1. The SMILES string of the molecule is Cc1cc(CN2CCC(CNC(=O)Nc3ccccc3C)CC2)c(C)o1. The van der Waals surface area contributed by atoms with Crippen LogP contribution in [0.5, 0.6) is 0 Å². The Balaban J connectivity index is 1.39. The maximum Gasteiger partial charge on any atom is 0.319 e. The van der Waals surface area contributed by atoms with Gasteiger partial charge in [0.05, 0.1) is 0 Å². The topological polar surface area (TPSA) is 57.5 Å². The van der Waals surface area contributed by atoms with Crippen LogP contribution in [0, 0.1) is 26.7 Å². The number of furan rings is 1. The van der Waals surface area contributed by atoms with Crippen molar-refractivity contribution in [2.75, 3.05) is 25.0 Å². The minimum Gasteiger partial charge on any atom is -0.466 e. The van der Waals surface area contributed by atoms with Gasteiger partial charge in [-0.3, -0.25) is 4.90 Å². The Kier molecular flexibility index (Phi) is 5.99. The van der Waals surface area contributed by atoms with Gasteiger partial charge in [0, 0.05) is 24.3 Å². The van der Waals surface area contributed by atoms with E-state index in [4.69, 9.17) is 4.42 Å². The van der Waals surface area contributed by atoms with Gasteiger partial charge in [-0.2, -0.15) is 0 Å². The van der Waals surface area contributed by atoms with Gasteiger partial charge in [0.1, 0.15) is 11.5 Å². The summed E-state index contributed by atoms with van der Waals surface area (Å²) < 4.78 is 5.62. The fourth-order valence-corrected chi connectivity index (χ4v) is 3.55. The number of para-hydroxylation sites is 1. The quantitative estimate of drug-likeness (QED) is 0.843. The number of carbonyl (C=O) groups excluding carboxylic acids is 1. The predicted molar refractivity (Wildman–Crippen MR) is 104 cm³/mol. The molecule has 2 N–H and O–H groups in total. The van der Waals surface area contributed by atoms with Crippen LogP contribution in [0.1, 0.15) is 35.5 Å². The number of urea groups is 1. The number of hydrogen-bond acceptors (Lipinski definition) is 3. The van der Waals surface area contributed by atoms with Crippen LogP contribution in [0.3, 0.4) is 0 Å². The number of amides is 2. The molecule has 1 aliphatic heterocycles. The largest absolute Gasteiger partial charge is 0.466 e. The molecule has 26 heavy (non-hydrogen) atoms. The number of hydrogen-bond donors (Lipinski definition) is 2. The third-order valence-electron chi connectivity index (χ3n) is 5.19. The molecule has 0 spiro atoms. The first-order valence-electron chi connectivity index (χ1n) is 9.40. The molecule has 2 amide bonds. The van der Waals surface area contributed by atoms with Crippen molar-refractivity contribution in [3.8, 4) is 0 Å². The molecule has 140 valence electrons. The normalized spacial score (nSPS) is 15.8. The lowest BCUT2D eigenvalue weighted by atomic mass is 9.96. The van der Waals surface area contributed by atoms with Crippen LogP contribution >= 0.6 is 0 Å². The van der Waals surface area contributed by atoms with Gasteiger partial charge in [0.15, 0.2) is 0 Å². The molecule has 0 saturated carbocycles. The van der Waals surface area contributed by atoms with E-state index < -0.39 is 0 Å². The van der Waals surface area contributed by atoms with Gasteiger partial charge in [-0.15, -0.1) is 0 Å². The monoisotopic (exact) mass is 355 g/mol. The van der Waals surface area contributed by atoms with Crippen LogP contribution in [0.4, 0.5) is 10.5 Å². The van der Waals surface area contributed by atoms with Crippen LogP contribution < -0.4 is 10.6 Å². The smallest absolute Gasteiger partial charge is 0.319 e. The van der Waals surface area contributed by atoms with Gasteiger partial charge in [0.25, 0.3) is 0 Å². The van der Waals surface area contributed by atoms with Crippen molar-refractivity contribution in [3.63, 3.8) is 0 Å². The highest BCUT2D eigenvalue weighted by Gasteiger charge is 2.21. The van der Waals surface area contributed by atoms with Gasteiger partial charge < -0.3 is 15.1 Å². The maximum atomic E-state index is 12.1. The van der Waals surface area contributed by atoms with Gasteiger partial charge in [-0.05, 0) is 70.3 Å². The summed E-state index contributed by atoms with van der Waals surface area (Å²) in [5.74, 6) is 2.55. The molecular weight excluding hydrogens is 326 g/mol. The summed E-state index contributed by atoms with van der Waals surface area (Å²) in [4.78, 5) is 14.6. The predicted octanol–water partition coefficient (Wildman–Crippen LogP) is 4.24. The average Bonchev–Trinajstić information content (AvgIpc) is 2.93. The van der Waals surface area contributed by atoms with Crippen molar-refractivity contribution in [3.05, 3.63) is 53.0 Å². The van der Waals surface area contributed by atoms with Crippen molar-refractivity contribution < 1.29 is 9.21 Å². The standard InChI is InChI=1S/C21H29N3O2/c1-15-6-4-5-7-20(15)23-21(25)22-13-18-8-10-24(11-9-18)14-19-12-16(2)26-17(19)3/h4-7,12,18H,8-11,13-14H2,1-3H3,(H2,22,23,25). The van der Waals surface area contributed by atoms with Crippen LogP contribution in [-0.2, 0) is 6.54 Å². The van der Waals surface area contributed by atoms with E-state index in [1.807, 2.05) is 45.0 Å². The molecule has 1 saturated heterocycles. The molecule has 0 bridgehead atoms. The molecule has 2 aromatic rings. The first kappa shape index (κ1) is 18.5. The van der Waals surface area contributed by atoms with E-state index in [2.05, 4.69) is 21.6 Å².